The minimum atomic E-state index is -0.661. The molecule has 6 nitrogen and oxygen atoms in total. The zero-order valence-electron chi connectivity index (χ0n) is 16.3. The van der Waals surface area contributed by atoms with Crippen LogP contribution in [-0.4, -0.2) is 28.8 Å². The topological polar surface area (TPSA) is 77.4 Å². The van der Waals surface area contributed by atoms with Crippen LogP contribution >= 0.6 is 0 Å². The molecule has 0 saturated carbocycles. The molecule has 0 fully saturated rings. The maximum Gasteiger partial charge on any atom is 0.355 e. The number of nitrogens with one attached hydrogen (secondary N) is 1. The first kappa shape index (κ1) is 20.1. The van der Waals surface area contributed by atoms with Gasteiger partial charge in [0.05, 0.1) is 6.04 Å². The molecule has 0 atom stereocenters. The first-order valence-electron chi connectivity index (χ1n) is 9.19. The summed E-state index contributed by atoms with van der Waals surface area (Å²) in [4.78, 5) is 36.2. The quantitative estimate of drug-likeness (QED) is 0.496. The van der Waals surface area contributed by atoms with Crippen molar-refractivity contribution in [3.05, 3.63) is 95.3 Å². The van der Waals surface area contributed by atoms with E-state index in [1.54, 1.807) is 13.2 Å². The fraction of sp³-hybridized carbons (Fsp3) is 0.174. The van der Waals surface area contributed by atoms with E-state index in [0.717, 1.165) is 11.1 Å². The van der Waals surface area contributed by atoms with Crippen molar-refractivity contribution in [2.24, 2.45) is 7.05 Å². The summed E-state index contributed by atoms with van der Waals surface area (Å²) in [5.74, 6) is -1.23. The average Bonchev–Trinajstić information content (AvgIpc) is 3.13. The van der Waals surface area contributed by atoms with Crippen molar-refractivity contribution in [3.8, 4) is 0 Å². The molecular weight excluding hydrogens is 368 g/mol. The fourth-order valence-corrected chi connectivity index (χ4v) is 3.02. The molecule has 0 aliphatic heterocycles. The minimum absolute atomic E-state index is 0.147. The Hall–Kier alpha value is -3.67. The molecule has 3 rings (SSSR count). The van der Waals surface area contributed by atoms with Gasteiger partial charge in [0.2, 0.25) is 0 Å². The van der Waals surface area contributed by atoms with E-state index in [9.17, 15) is 14.4 Å². The summed E-state index contributed by atoms with van der Waals surface area (Å²) in [5.41, 5.74) is 2.47. The number of amides is 1. The van der Waals surface area contributed by atoms with Crippen LogP contribution in [0.2, 0.25) is 0 Å². The van der Waals surface area contributed by atoms with E-state index in [0.29, 0.717) is 5.56 Å². The number of hydrogen-bond donors (Lipinski definition) is 1. The molecule has 29 heavy (non-hydrogen) atoms. The molecule has 0 radical (unpaired) electrons. The molecule has 0 saturated heterocycles. The molecule has 2 aromatic carbocycles. The van der Waals surface area contributed by atoms with Crippen LogP contribution in [0.25, 0.3) is 0 Å². The standard InChI is InChI=1S/C23H22N2O4/c1-16(26)19-13-20(25(2)14-19)23(28)29-15-21(27)24-22(17-9-5-3-6-10-17)18-11-7-4-8-12-18/h3-14,22H,15H2,1-2H3,(H,24,27). The van der Waals surface area contributed by atoms with Crippen molar-refractivity contribution in [2.45, 2.75) is 13.0 Å². The van der Waals surface area contributed by atoms with E-state index in [1.165, 1.54) is 17.6 Å². The van der Waals surface area contributed by atoms with E-state index >= 15 is 0 Å². The van der Waals surface area contributed by atoms with Crippen molar-refractivity contribution in [3.63, 3.8) is 0 Å². The van der Waals surface area contributed by atoms with Crippen LogP contribution in [-0.2, 0) is 16.6 Å². The van der Waals surface area contributed by atoms with Gasteiger partial charge < -0.3 is 14.6 Å². The summed E-state index contributed by atoms with van der Waals surface area (Å²) < 4.78 is 6.66. The maximum absolute atomic E-state index is 12.5. The lowest BCUT2D eigenvalue weighted by molar-refractivity contribution is -0.124. The second kappa shape index (κ2) is 9.01. The van der Waals surface area contributed by atoms with Gasteiger partial charge in [-0.3, -0.25) is 9.59 Å². The maximum atomic E-state index is 12.5. The number of benzene rings is 2. The summed E-state index contributed by atoms with van der Waals surface area (Å²) in [6, 6.07) is 20.2. The summed E-state index contributed by atoms with van der Waals surface area (Å²) in [6.07, 6.45) is 1.56. The molecule has 0 bridgehead atoms. The number of ether oxygens (including phenoxy) is 1. The third kappa shape index (κ3) is 4.99. The van der Waals surface area contributed by atoms with E-state index in [2.05, 4.69) is 5.32 Å². The number of carbonyl (C=O) groups excluding carboxylic acids is 3. The van der Waals surface area contributed by atoms with Crippen LogP contribution < -0.4 is 5.32 Å². The molecule has 0 spiro atoms. The molecule has 1 heterocycles. The molecule has 1 N–H and O–H groups in total. The molecule has 3 aromatic rings. The van der Waals surface area contributed by atoms with Crippen LogP contribution in [0.3, 0.4) is 0 Å². The highest BCUT2D eigenvalue weighted by Crippen LogP contribution is 2.21. The summed E-state index contributed by atoms with van der Waals surface area (Å²) in [5, 5.41) is 2.92. The van der Waals surface area contributed by atoms with Crippen molar-refractivity contribution >= 4 is 17.7 Å². The molecule has 0 aliphatic rings. The van der Waals surface area contributed by atoms with Gasteiger partial charge >= 0.3 is 5.97 Å². The van der Waals surface area contributed by atoms with Crippen LogP contribution in [0.15, 0.2) is 72.9 Å². The number of rotatable bonds is 7. The smallest absolute Gasteiger partial charge is 0.355 e. The predicted octanol–water partition coefficient (Wildman–Crippen LogP) is 3.29. The number of aromatic nitrogens is 1. The Kier molecular flexibility index (Phi) is 6.24. The van der Waals surface area contributed by atoms with Crippen molar-refractivity contribution in [1.82, 2.24) is 9.88 Å². The highest BCUT2D eigenvalue weighted by molar-refractivity contribution is 5.98. The number of aryl methyl sites for hydroxylation is 1. The number of ketones is 1. The Morgan fingerprint density at radius 3 is 2.00 bits per heavy atom. The number of Topliss-reactive ketones (excluding diaryl/α,β-unsaturated/α-hetero) is 1. The van der Waals surface area contributed by atoms with Gasteiger partial charge in [-0.25, -0.2) is 4.79 Å². The number of carbonyl (C=O) groups is 3. The van der Waals surface area contributed by atoms with Crippen LogP contribution in [0.5, 0.6) is 0 Å². The molecular formula is C23H22N2O4. The fourth-order valence-electron chi connectivity index (χ4n) is 3.02. The normalized spacial score (nSPS) is 10.6. The van der Waals surface area contributed by atoms with Gasteiger partial charge in [-0.1, -0.05) is 60.7 Å². The molecule has 0 unspecified atom stereocenters. The lowest BCUT2D eigenvalue weighted by atomic mass is 9.99. The summed E-state index contributed by atoms with van der Waals surface area (Å²) in [7, 11) is 1.64. The highest BCUT2D eigenvalue weighted by atomic mass is 16.5. The Labute approximate surface area is 169 Å². The first-order valence-corrected chi connectivity index (χ1v) is 9.19. The molecule has 6 heteroatoms. The van der Waals surface area contributed by atoms with E-state index in [1.807, 2.05) is 60.7 Å². The first-order chi connectivity index (χ1) is 14.0. The zero-order chi connectivity index (χ0) is 20.8. The average molecular weight is 390 g/mol. The number of nitrogens with zero attached hydrogens (tertiary/aromatic N) is 1. The van der Waals surface area contributed by atoms with Crippen LogP contribution in [0, 0.1) is 0 Å². The van der Waals surface area contributed by atoms with E-state index in [-0.39, 0.29) is 17.5 Å². The summed E-state index contributed by atoms with van der Waals surface area (Å²) >= 11 is 0. The largest absolute Gasteiger partial charge is 0.451 e. The third-order valence-corrected chi connectivity index (χ3v) is 4.53. The van der Waals surface area contributed by atoms with Gasteiger partial charge in [0.15, 0.2) is 12.4 Å². The van der Waals surface area contributed by atoms with Crippen LogP contribution in [0.1, 0.15) is 44.9 Å². The molecule has 0 aliphatic carbocycles. The Bertz CT molecular complexity index is 970. The van der Waals surface area contributed by atoms with Gasteiger partial charge in [-0.15, -0.1) is 0 Å². The van der Waals surface area contributed by atoms with Crippen molar-refractivity contribution < 1.29 is 19.1 Å². The predicted molar refractivity (Wildman–Crippen MR) is 109 cm³/mol. The molecule has 1 aromatic heterocycles. The van der Waals surface area contributed by atoms with Gasteiger partial charge in [-0.2, -0.15) is 0 Å². The number of esters is 1. The summed E-state index contributed by atoms with van der Waals surface area (Å²) in [6.45, 7) is 1.00. The van der Waals surface area contributed by atoms with Gasteiger partial charge in [0.1, 0.15) is 5.69 Å². The lowest BCUT2D eigenvalue weighted by Crippen LogP contribution is -2.33. The third-order valence-electron chi connectivity index (χ3n) is 4.53. The van der Waals surface area contributed by atoms with Crippen molar-refractivity contribution in [2.75, 3.05) is 6.61 Å². The van der Waals surface area contributed by atoms with E-state index < -0.39 is 18.5 Å². The van der Waals surface area contributed by atoms with Crippen molar-refractivity contribution in [1.29, 1.82) is 0 Å². The molecule has 1 amide bonds. The van der Waals surface area contributed by atoms with Crippen LogP contribution in [0.4, 0.5) is 0 Å². The van der Waals surface area contributed by atoms with Gasteiger partial charge in [0.25, 0.3) is 5.91 Å². The second-order valence-corrected chi connectivity index (χ2v) is 6.68. The zero-order valence-corrected chi connectivity index (χ0v) is 16.3. The Morgan fingerprint density at radius 2 is 1.52 bits per heavy atom. The second-order valence-electron chi connectivity index (χ2n) is 6.68. The van der Waals surface area contributed by atoms with Gasteiger partial charge in [-0.05, 0) is 24.1 Å². The van der Waals surface area contributed by atoms with Gasteiger partial charge in [0, 0.05) is 18.8 Å². The Morgan fingerprint density at radius 1 is 0.966 bits per heavy atom. The Balaban J connectivity index is 1.68. The number of hydrogen-bond acceptors (Lipinski definition) is 4. The highest BCUT2D eigenvalue weighted by Gasteiger charge is 2.19. The minimum Gasteiger partial charge on any atom is -0.451 e. The monoisotopic (exact) mass is 390 g/mol. The van der Waals surface area contributed by atoms with E-state index in [4.69, 9.17) is 4.74 Å². The lowest BCUT2D eigenvalue weighted by Gasteiger charge is -2.20. The molecule has 148 valence electrons. The SMILES string of the molecule is CC(=O)c1cc(C(=O)OCC(=O)NC(c2ccccc2)c2ccccc2)n(C)c1.